The van der Waals surface area contributed by atoms with Crippen LogP contribution in [0.15, 0.2) is 57.3 Å². The highest BCUT2D eigenvalue weighted by molar-refractivity contribution is 7.99. The molecule has 0 atom stereocenters. The summed E-state index contributed by atoms with van der Waals surface area (Å²) in [4.78, 5) is 25.6. The molecule has 4 aromatic rings. The van der Waals surface area contributed by atoms with Crippen LogP contribution in [0.3, 0.4) is 0 Å². The van der Waals surface area contributed by atoms with Crippen molar-refractivity contribution < 1.29 is 9.18 Å². The highest BCUT2D eigenvalue weighted by Crippen LogP contribution is 2.25. The number of carbonyl (C=O) groups excluding carboxylic acids is 1. The number of benzene rings is 1. The molecule has 0 radical (unpaired) electrons. The minimum Gasteiger partial charge on any atom is -0.355 e. The lowest BCUT2D eigenvalue weighted by Gasteiger charge is -2.12. The summed E-state index contributed by atoms with van der Waals surface area (Å²) in [5.74, 6) is 0.222. The number of aromatic nitrogens is 4. The van der Waals surface area contributed by atoms with Crippen LogP contribution in [0.4, 0.5) is 4.39 Å². The molecule has 0 aliphatic heterocycles. The van der Waals surface area contributed by atoms with Crippen molar-refractivity contribution in [2.75, 3.05) is 12.3 Å². The number of hydrogen-bond donors (Lipinski definition) is 1. The van der Waals surface area contributed by atoms with Crippen molar-refractivity contribution in [2.24, 2.45) is 0 Å². The number of amides is 1. The molecule has 0 spiro atoms. The number of hydrogen-bond acceptors (Lipinski definition) is 6. The molecule has 5 rings (SSSR count). The van der Waals surface area contributed by atoms with Gasteiger partial charge >= 0.3 is 0 Å². The van der Waals surface area contributed by atoms with Gasteiger partial charge in [0.15, 0.2) is 5.16 Å². The minimum atomic E-state index is -0.329. The van der Waals surface area contributed by atoms with E-state index >= 15 is 0 Å². The molecule has 7 nitrogen and oxygen atoms in total. The predicted octanol–water partition coefficient (Wildman–Crippen LogP) is 4.39. The molecular weight excluding hydrogens is 473 g/mol. The molecular formula is C24H24FN5O2S2. The van der Waals surface area contributed by atoms with Gasteiger partial charge in [-0.05, 0) is 61.2 Å². The summed E-state index contributed by atoms with van der Waals surface area (Å²) >= 11 is 2.65. The van der Waals surface area contributed by atoms with Crippen LogP contribution in [0.25, 0.3) is 16.0 Å². The molecule has 0 fully saturated rings. The zero-order valence-corrected chi connectivity index (χ0v) is 20.1. The van der Waals surface area contributed by atoms with E-state index in [1.54, 1.807) is 16.7 Å². The molecule has 1 aromatic carbocycles. The Morgan fingerprint density at radius 1 is 1.18 bits per heavy atom. The first-order valence-corrected chi connectivity index (χ1v) is 13.1. The molecule has 0 unspecified atom stereocenters. The zero-order valence-electron chi connectivity index (χ0n) is 18.5. The normalized spacial score (nSPS) is 14.0. The number of nitrogens with zero attached hydrogens (tertiary/aromatic N) is 4. The Balaban J connectivity index is 1.34. The third-order valence-corrected chi connectivity index (χ3v) is 7.74. The lowest BCUT2D eigenvalue weighted by Crippen LogP contribution is -2.26. The van der Waals surface area contributed by atoms with Crippen LogP contribution in [-0.4, -0.2) is 37.4 Å². The monoisotopic (exact) mass is 497 g/mol. The number of fused-ring (bicyclic) bond motifs is 3. The Morgan fingerprint density at radius 3 is 2.82 bits per heavy atom. The van der Waals surface area contributed by atoms with Crippen molar-refractivity contribution >= 4 is 45.0 Å². The summed E-state index contributed by atoms with van der Waals surface area (Å²) in [6.07, 6.45) is 7.96. The largest absolute Gasteiger partial charge is 0.355 e. The molecule has 34 heavy (non-hydrogen) atoms. The highest BCUT2D eigenvalue weighted by atomic mass is 32.2. The molecule has 3 aromatic heterocycles. The predicted molar refractivity (Wildman–Crippen MR) is 133 cm³/mol. The van der Waals surface area contributed by atoms with Crippen molar-refractivity contribution in [3.05, 3.63) is 69.1 Å². The third kappa shape index (κ3) is 4.78. The first-order chi connectivity index (χ1) is 16.6. The first-order valence-electron chi connectivity index (χ1n) is 11.3. The van der Waals surface area contributed by atoms with E-state index in [0.29, 0.717) is 22.2 Å². The van der Waals surface area contributed by atoms with Crippen LogP contribution in [0.5, 0.6) is 0 Å². The van der Waals surface area contributed by atoms with Crippen molar-refractivity contribution in [2.45, 2.75) is 43.8 Å². The van der Waals surface area contributed by atoms with Crippen LogP contribution in [-0.2, 0) is 11.3 Å². The molecule has 1 aliphatic carbocycles. The van der Waals surface area contributed by atoms with Gasteiger partial charge in [0, 0.05) is 6.54 Å². The number of nitrogens with one attached hydrogen (secondary N) is 1. The molecule has 176 valence electrons. The summed E-state index contributed by atoms with van der Waals surface area (Å²) in [5, 5.41) is 13.9. The van der Waals surface area contributed by atoms with Crippen LogP contribution in [0.1, 0.15) is 37.7 Å². The Morgan fingerprint density at radius 2 is 2.03 bits per heavy atom. The highest BCUT2D eigenvalue weighted by Gasteiger charge is 2.19. The summed E-state index contributed by atoms with van der Waals surface area (Å²) < 4.78 is 17.3. The van der Waals surface area contributed by atoms with Crippen LogP contribution in [0, 0.1) is 5.82 Å². The Hall–Kier alpha value is -2.98. The van der Waals surface area contributed by atoms with Gasteiger partial charge in [-0.25, -0.2) is 4.39 Å². The Kier molecular flexibility index (Phi) is 6.77. The van der Waals surface area contributed by atoms with E-state index in [4.69, 9.17) is 0 Å². The van der Waals surface area contributed by atoms with Gasteiger partial charge in [-0.1, -0.05) is 35.5 Å². The molecule has 1 amide bonds. The molecule has 0 bridgehead atoms. The number of thioether (sulfide) groups is 1. The quantitative estimate of drug-likeness (QED) is 0.288. The number of carbonyl (C=O) groups is 1. The van der Waals surface area contributed by atoms with Gasteiger partial charge < -0.3 is 5.32 Å². The second kappa shape index (κ2) is 10.1. The van der Waals surface area contributed by atoms with Crippen LogP contribution >= 0.6 is 23.1 Å². The number of allylic oxidation sites excluding steroid dienone is 1. The molecule has 0 saturated carbocycles. The van der Waals surface area contributed by atoms with Gasteiger partial charge in [0.25, 0.3) is 5.56 Å². The van der Waals surface area contributed by atoms with Crippen molar-refractivity contribution in [3.63, 3.8) is 0 Å². The van der Waals surface area contributed by atoms with Crippen molar-refractivity contribution in [1.82, 2.24) is 24.5 Å². The molecule has 1 aliphatic rings. The average Bonchev–Trinajstić information content (AvgIpc) is 3.50. The number of halogens is 1. The summed E-state index contributed by atoms with van der Waals surface area (Å²) in [6.45, 7) is 0.882. The smallest absolute Gasteiger partial charge is 0.273 e. The second-order valence-corrected chi connectivity index (χ2v) is 10.1. The molecule has 10 heteroatoms. The van der Waals surface area contributed by atoms with Crippen LogP contribution < -0.4 is 10.9 Å². The Bertz CT molecular complexity index is 1420. The van der Waals surface area contributed by atoms with Gasteiger partial charge in [0.1, 0.15) is 10.5 Å². The lowest BCUT2D eigenvalue weighted by atomic mass is 9.97. The maximum atomic E-state index is 13.3. The maximum absolute atomic E-state index is 13.3. The lowest BCUT2D eigenvalue weighted by molar-refractivity contribution is -0.118. The first kappa shape index (κ1) is 22.8. The van der Waals surface area contributed by atoms with Gasteiger partial charge in [-0.2, -0.15) is 0 Å². The molecule has 3 heterocycles. The number of rotatable bonds is 8. The van der Waals surface area contributed by atoms with Crippen molar-refractivity contribution in [3.8, 4) is 0 Å². The zero-order chi connectivity index (χ0) is 23.5. The molecule has 0 saturated heterocycles. The summed E-state index contributed by atoms with van der Waals surface area (Å²) in [7, 11) is 0. The van der Waals surface area contributed by atoms with Crippen LogP contribution in [0.2, 0.25) is 0 Å². The van der Waals surface area contributed by atoms with Gasteiger partial charge in [0.05, 0.1) is 17.8 Å². The maximum Gasteiger partial charge on any atom is 0.273 e. The Labute approximate surface area is 203 Å². The van der Waals surface area contributed by atoms with E-state index in [1.807, 2.05) is 15.8 Å². The standard InChI is InChI=1S/C24H24FN5O2S2/c25-18-8-6-17(7-9-18)14-29-22(32)21-19(11-13-33-21)30-23(29)27-28-24(30)34-15-20(31)26-12-10-16-4-2-1-3-5-16/h4,6-9,11,13H,1-3,5,10,12,14-15H2,(H,26,31). The van der Waals surface area contributed by atoms with E-state index in [9.17, 15) is 14.0 Å². The molecule has 1 N–H and O–H groups in total. The van der Waals surface area contributed by atoms with Gasteiger partial charge in [-0.15, -0.1) is 21.5 Å². The van der Waals surface area contributed by atoms with Gasteiger partial charge in [-0.3, -0.25) is 18.6 Å². The van der Waals surface area contributed by atoms with E-state index in [2.05, 4.69) is 21.6 Å². The fraction of sp³-hybridized carbons (Fsp3) is 0.333. The summed E-state index contributed by atoms with van der Waals surface area (Å²) in [6, 6.07) is 7.90. The topological polar surface area (TPSA) is 81.3 Å². The van der Waals surface area contributed by atoms with Gasteiger partial charge in [0.2, 0.25) is 11.7 Å². The number of thiophene rings is 1. The van der Waals surface area contributed by atoms with E-state index in [-0.39, 0.29) is 29.6 Å². The summed E-state index contributed by atoms with van der Waals surface area (Å²) in [5.41, 5.74) is 2.77. The van der Waals surface area contributed by atoms with Crippen molar-refractivity contribution in [1.29, 1.82) is 0 Å². The third-order valence-electron chi connectivity index (χ3n) is 5.92. The SMILES string of the molecule is O=C(CSc1nnc2n(Cc3ccc(F)cc3)c(=O)c3sccc3n12)NCCC1=CCCCC1. The fourth-order valence-electron chi connectivity index (χ4n) is 4.18. The fourth-order valence-corrected chi connectivity index (χ4v) is 5.78. The second-order valence-electron chi connectivity index (χ2n) is 8.27. The average molecular weight is 498 g/mol. The van der Waals surface area contributed by atoms with E-state index in [1.165, 1.54) is 53.6 Å². The minimum absolute atomic E-state index is 0.0562. The van der Waals surface area contributed by atoms with E-state index < -0.39 is 0 Å². The van der Waals surface area contributed by atoms with E-state index in [0.717, 1.165) is 30.3 Å².